The van der Waals surface area contributed by atoms with Crippen molar-refractivity contribution in [2.24, 2.45) is 0 Å². The van der Waals surface area contributed by atoms with E-state index in [9.17, 15) is 4.39 Å². The molecule has 0 N–H and O–H groups in total. The van der Waals surface area contributed by atoms with Crippen LogP contribution in [0.5, 0.6) is 0 Å². The van der Waals surface area contributed by atoms with Crippen molar-refractivity contribution in [3.05, 3.63) is 28.5 Å². The van der Waals surface area contributed by atoms with E-state index in [0.29, 0.717) is 5.46 Å². The molecule has 0 aromatic heterocycles. The van der Waals surface area contributed by atoms with Crippen LogP contribution >= 0.6 is 11.6 Å². The maximum absolute atomic E-state index is 13.4. The van der Waals surface area contributed by atoms with E-state index in [2.05, 4.69) is 0 Å². The zero-order chi connectivity index (χ0) is 14.4. The highest BCUT2D eigenvalue weighted by Gasteiger charge is 2.52. The van der Waals surface area contributed by atoms with Gasteiger partial charge in [-0.1, -0.05) is 11.6 Å². The summed E-state index contributed by atoms with van der Waals surface area (Å²) in [5.41, 5.74) is -0.427. The summed E-state index contributed by atoms with van der Waals surface area (Å²) < 4.78 is 25.0. The van der Waals surface area contributed by atoms with Crippen molar-refractivity contribution in [3.8, 4) is 6.07 Å². The van der Waals surface area contributed by atoms with Gasteiger partial charge in [-0.3, -0.25) is 0 Å². The van der Waals surface area contributed by atoms with Gasteiger partial charge in [-0.15, -0.1) is 0 Å². The predicted molar refractivity (Wildman–Crippen MR) is 71.8 cm³/mol. The third-order valence-electron chi connectivity index (χ3n) is 3.72. The van der Waals surface area contributed by atoms with Crippen molar-refractivity contribution < 1.29 is 13.7 Å². The van der Waals surface area contributed by atoms with Crippen molar-refractivity contribution in [3.63, 3.8) is 0 Å². The highest BCUT2D eigenvalue weighted by molar-refractivity contribution is 6.63. The van der Waals surface area contributed by atoms with Crippen molar-refractivity contribution in [1.82, 2.24) is 0 Å². The van der Waals surface area contributed by atoms with Gasteiger partial charge in [0, 0.05) is 5.46 Å². The summed E-state index contributed by atoms with van der Waals surface area (Å²) >= 11 is 5.77. The second-order valence-electron chi connectivity index (χ2n) is 5.55. The molecule has 2 rings (SSSR count). The van der Waals surface area contributed by atoms with E-state index in [0.717, 1.165) is 6.07 Å². The van der Waals surface area contributed by atoms with Gasteiger partial charge in [0.15, 0.2) is 0 Å². The molecule has 1 aromatic rings. The first kappa shape index (κ1) is 14.3. The number of hydrogen-bond acceptors (Lipinski definition) is 3. The van der Waals surface area contributed by atoms with Gasteiger partial charge >= 0.3 is 7.12 Å². The molecule has 0 unspecified atom stereocenters. The molecule has 0 aliphatic carbocycles. The molecule has 1 saturated heterocycles. The minimum atomic E-state index is -0.724. The average Bonchev–Trinajstić information content (AvgIpc) is 2.51. The van der Waals surface area contributed by atoms with Crippen LogP contribution in [0.4, 0.5) is 4.39 Å². The fourth-order valence-electron chi connectivity index (χ4n) is 1.82. The molecule has 1 aliphatic heterocycles. The largest absolute Gasteiger partial charge is 0.496 e. The van der Waals surface area contributed by atoms with Crippen LogP contribution in [0.3, 0.4) is 0 Å². The van der Waals surface area contributed by atoms with E-state index in [-0.39, 0.29) is 10.6 Å². The summed E-state index contributed by atoms with van der Waals surface area (Å²) in [6.07, 6.45) is 0. The number of hydrogen-bond donors (Lipinski definition) is 0. The SMILES string of the molecule is CC1(C)OB(c2cc(Cl)c(F)cc2C#N)OC1(C)C. The molecule has 1 aromatic carbocycles. The van der Waals surface area contributed by atoms with Crippen molar-refractivity contribution in [1.29, 1.82) is 5.26 Å². The molecule has 1 fully saturated rings. The molecule has 6 heteroatoms. The van der Waals surface area contributed by atoms with Crippen LogP contribution < -0.4 is 5.46 Å². The van der Waals surface area contributed by atoms with Crippen LogP contribution in [0, 0.1) is 17.1 Å². The van der Waals surface area contributed by atoms with Gasteiger partial charge in [0.25, 0.3) is 0 Å². The number of nitrogens with zero attached hydrogens (tertiary/aromatic N) is 1. The maximum Gasteiger partial charge on any atom is 0.496 e. The lowest BCUT2D eigenvalue weighted by Crippen LogP contribution is -2.41. The van der Waals surface area contributed by atoms with E-state index >= 15 is 0 Å². The summed E-state index contributed by atoms with van der Waals surface area (Å²) in [4.78, 5) is 0. The summed E-state index contributed by atoms with van der Waals surface area (Å²) in [6, 6.07) is 4.42. The maximum atomic E-state index is 13.4. The van der Waals surface area contributed by atoms with E-state index in [1.165, 1.54) is 6.07 Å². The molecule has 1 heterocycles. The van der Waals surface area contributed by atoms with Crippen LogP contribution in [0.1, 0.15) is 33.3 Å². The highest BCUT2D eigenvalue weighted by atomic mass is 35.5. The number of benzene rings is 1. The Morgan fingerprint density at radius 1 is 1.21 bits per heavy atom. The lowest BCUT2D eigenvalue weighted by atomic mass is 9.76. The lowest BCUT2D eigenvalue weighted by Gasteiger charge is -2.32. The minimum absolute atomic E-state index is 0.0521. The van der Waals surface area contributed by atoms with E-state index in [1.54, 1.807) is 0 Å². The molecule has 0 saturated carbocycles. The number of nitriles is 1. The minimum Gasteiger partial charge on any atom is -0.399 e. The molecule has 0 atom stereocenters. The van der Waals surface area contributed by atoms with Crippen LogP contribution in [-0.4, -0.2) is 18.3 Å². The molecule has 0 amide bonds. The van der Waals surface area contributed by atoms with Crippen LogP contribution in [-0.2, 0) is 9.31 Å². The van der Waals surface area contributed by atoms with Gasteiger partial charge in [0.1, 0.15) is 5.82 Å². The second-order valence-corrected chi connectivity index (χ2v) is 5.96. The third-order valence-corrected chi connectivity index (χ3v) is 4.01. The summed E-state index contributed by atoms with van der Waals surface area (Å²) in [6.45, 7) is 7.63. The van der Waals surface area contributed by atoms with Crippen molar-refractivity contribution in [2.45, 2.75) is 38.9 Å². The highest BCUT2D eigenvalue weighted by Crippen LogP contribution is 2.36. The number of rotatable bonds is 1. The van der Waals surface area contributed by atoms with E-state index in [1.807, 2.05) is 33.8 Å². The molecular weight excluding hydrogens is 267 g/mol. The smallest absolute Gasteiger partial charge is 0.399 e. The van der Waals surface area contributed by atoms with Gasteiger partial charge in [0.2, 0.25) is 0 Å². The Morgan fingerprint density at radius 3 is 2.21 bits per heavy atom. The van der Waals surface area contributed by atoms with E-state index in [4.69, 9.17) is 26.2 Å². The molecule has 0 bridgehead atoms. The Hall–Kier alpha value is -1.09. The monoisotopic (exact) mass is 281 g/mol. The predicted octanol–water partition coefficient (Wildman–Crippen LogP) is 2.65. The first-order chi connectivity index (χ1) is 8.68. The quantitative estimate of drug-likeness (QED) is 0.743. The molecule has 1 aliphatic rings. The fraction of sp³-hybridized carbons (Fsp3) is 0.462. The fourth-order valence-corrected chi connectivity index (χ4v) is 2.00. The van der Waals surface area contributed by atoms with Gasteiger partial charge in [-0.05, 0) is 39.8 Å². The average molecular weight is 282 g/mol. The Morgan fingerprint density at radius 2 is 1.74 bits per heavy atom. The van der Waals surface area contributed by atoms with Crippen molar-refractivity contribution in [2.75, 3.05) is 0 Å². The number of halogens is 2. The van der Waals surface area contributed by atoms with Gasteiger partial charge in [-0.25, -0.2) is 4.39 Å². The topological polar surface area (TPSA) is 42.2 Å². The Labute approximate surface area is 117 Å². The van der Waals surface area contributed by atoms with Gasteiger partial charge in [0.05, 0.1) is 27.9 Å². The Balaban J connectivity index is 2.45. The van der Waals surface area contributed by atoms with Gasteiger partial charge < -0.3 is 9.31 Å². The summed E-state index contributed by atoms with van der Waals surface area (Å²) in [5, 5.41) is 9.03. The summed E-state index contributed by atoms with van der Waals surface area (Å²) in [5.74, 6) is -0.626. The summed E-state index contributed by atoms with van der Waals surface area (Å²) in [7, 11) is -0.724. The zero-order valence-electron chi connectivity index (χ0n) is 11.3. The molecule has 19 heavy (non-hydrogen) atoms. The molecule has 100 valence electrons. The Kier molecular flexibility index (Phi) is 3.38. The van der Waals surface area contributed by atoms with E-state index < -0.39 is 24.1 Å². The molecular formula is C13H14BClFNO2. The molecule has 0 radical (unpaired) electrons. The second kappa shape index (κ2) is 4.48. The third kappa shape index (κ3) is 2.36. The lowest BCUT2D eigenvalue weighted by molar-refractivity contribution is 0.00578. The zero-order valence-corrected chi connectivity index (χ0v) is 12.0. The van der Waals surface area contributed by atoms with Crippen molar-refractivity contribution >= 4 is 24.2 Å². The first-order valence-corrected chi connectivity index (χ1v) is 6.30. The van der Waals surface area contributed by atoms with Gasteiger partial charge in [-0.2, -0.15) is 5.26 Å². The molecule has 0 spiro atoms. The van der Waals surface area contributed by atoms with Crippen LogP contribution in [0.2, 0.25) is 5.02 Å². The Bertz CT molecular complexity index is 552. The van der Waals surface area contributed by atoms with Crippen LogP contribution in [0.25, 0.3) is 0 Å². The normalized spacial score (nSPS) is 20.4. The standard InChI is InChI=1S/C13H14BClFNO2/c1-12(2)13(3,4)19-14(18-12)9-6-10(15)11(16)5-8(9)7-17/h5-6H,1-4H3. The first-order valence-electron chi connectivity index (χ1n) is 5.92. The van der Waals surface area contributed by atoms with Crippen LogP contribution in [0.15, 0.2) is 12.1 Å². The molecule has 3 nitrogen and oxygen atoms in total.